The molecule has 0 aliphatic rings. The van der Waals surface area contributed by atoms with Gasteiger partial charge >= 0.3 is 0 Å². The lowest BCUT2D eigenvalue weighted by atomic mass is 10.1. The van der Waals surface area contributed by atoms with Gasteiger partial charge in [0.2, 0.25) is 0 Å². The topological polar surface area (TPSA) is 85.7 Å². The zero-order valence-corrected chi connectivity index (χ0v) is 16.3. The highest BCUT2D eigenvalue weighted by Gasteiger charge is 2.16. The molecule has 0 unspecified atom stereocenters. The maximum atomic E-state index is 12.5. The minimum Gasteiger partial charge on any atom is -0.506 e. The van der Waals surface area contributed by atoms with E-state index in [0.717, 1.165) is 11.3 Å². The van der Waals surface area contributed by atoms with E-state index in [-0.39, 0.29) is 17.9 Å². The van der Waals surface area contributed by atoms with Crippen molar-refractivity contribution in [1.82, 2.24) is 10.3 Å². The molecule has 28 heavy (non-hydrogen) atoms. The van der Waals surface area contributed by atoms with Crippen LogP contribution in [0.1, 0.15) is 22.8 Å². The van der Waals surface area contributed by atoms with Crippen LogP contribution in [0.4, 0.5) is 5.69 Å². The monoisotopic (exact) mass is 399 g/mol. The number of aliphatic hydroxyl groups is 1. The van der Waals surface area contributed by atoms with Crippen LogP contribution in [0, 0.1) is 0 Å². The van der Waals surface area contributed by atoms with Crippen LogP contribution in [-0.2, 0) is 6.54 Å². The maximum Gasteiger partial charge on any atom is 0.256 e. The predicted octanol–water partition coefficient (Wildman–Crippen LogP) is 3.34. The van der Waals surface area contributed by atoms with Gasteiger partial charge in [-0.25, -0.2) is 0 Å². The molecule has 3 N–H and O–H groups in total. The standard InChI is InChI=1S/C21H22ClN3O3/c1-2-25(9-10-26)16-7-8-19-17(11-16)20(27)18(13-23-19)21(28)24-12-14-3-5-15(22)6-4-14/h3-8,11,13,26H,2,9-10,12H2,1H3,(H,23,27)(H,24,28). The highest BCUT2D eigenvalue weighted by atomic mass is 35.5. The van der Waals surface area contributed by atoms with Crippen LogP contribution in [0.2, 0.25) is 5.02 Å². The van der Waals surface area contributed by atoms with Gasteiger partial charge in [0.1, 0.15) is 11.3 Å². The largest absolute Gasteiger partial charge is 0.506 e. The van der Waals surface area contributed by atoms with Crippen molar-refractivity contribution < 1.29 is 15.0 Å². The second-order valence-electron chi connectivity index (χ2n) is 6.33. The number of hydrogen-bond acceptors (Lipinski definition) is 5. The number of benzene rings is 2. The first-order valence-corrected chi connectivity index (χ1v) is 9.41. The average molecular weight is 400 g/mol. The van der Waals surface area contributed by atoms with Crippen LogP contribution in [0.3, 0.4) is 0 Å². The summed E-state index contributed by atoms with van der Waals surface area (Å²) in [5.74, 6) is -0.518. The number of aliphatic hydroxyl groups excluding tert-OH is 1. The van der Waals surface area contributed by atoms with Crippen LogP contribution in [-0.4, -0.2) is 40.8 Å². The highest BCUT2D eigenvalue weighted by Crippen LogP contribution is 2.30. The molecule has 0 aliphatic carbocycles. The normalized spacial score (nSPS) is 10.8. The lowest BCUT2D eigenvalue weighted by Crippen LogP contribution is -2.26. The first-order valence-electron chi connectivity index (χ1n) is 9.03. The Hall–Kier alpha value is -2.83. The highest BCUT2D eigenvalue weighted by molar-refractivity contribution is 6.30. The van der Waals surface area contributed by atoms with E-state index in [2.05, 4.69) is 10.3 Å². The fraction of sp³-hybridized carbons (Fsp3) is 0.238. The van der Waals surface area contributed by atoms with Crippen molar-refractivity contribution in [2.24, 2.45) is 0 Å². The van der Waals surface area contributed by atoms with Gasteiger partial charge in [0, 0.05) is 41.9 Å². The van der Waals surface area contributed by atoms with E-state index in [1.165, 1.54) is 6.20 Å². The van der Waals surface area contributed by atoms with Gasteiger partial charge in [-0.15, -0.1) is 0 Å². The van der Waals surface area contributed by atoms with Gasteiger partial charge in [0.25, 0.3) is 5.91 Å². The Kier molecular flexibility index (Phi) is 6.34. The van der Waals surface area contributed by atoms with E-state index < -0.39 is 5.91 Å². The number of aromatic hydroxyl groups is 1. The van der Waals surface area contributed by atoms with Gasteiger partial charge in [-0.05, 0) is 42.8 Å². The first kappa shape index (κ1) is 19.9. The molecule has 0 atom stereocenters. The quantitative estimate of drug-likeness (QED) is 0.567. The predicted molar refractivity (Wildman–Crippen MR) is 111 cm³/mol. The van der Waals surface area contributed by atoms with Crippen LogP contribution >= 0.6 is 11.6 Å². The number of anilines is 1. The minimum atomic E-state index is -0.407. The van der Waals surface area contributed by atoms with Crippen LogP contribution < -0.4 is 10.2 Å². The Morgan fingerprint density at radius 2 is 1.96 bits per heavy atom. The van der Waals surface area contributed by atoms with E-state index in [0.29, 0.717) is 35.6 Å². The molecule has 146 valence electrons. The third-order valence-corrected chi connectivity index (χ3v) is 4.80. The van der Waals surface area contributed by atoms with Gasteiger partial charge in [0.05, 0.1) is 12.1 Å². The number of pyridine rings is 1. The molecule has 6 nitrogen and oxygen atoms in total. The summed E-state index contributed by atoms with van der Waals surface area (Å²) in [6, 6.07) is 12.6. The lowest BCUT2D eigenvalue weighted by molar-refractivity contribution is 0.0948. The zero-order valence-electron chi connectivity index (χ0n) is 15.5. The number of aromatic nitrogens is 1. The summed E-state index contributed by atoms with van der Waals surface area (Å²) in [7, 11) is 0. The molecule has 0 saturated heterocycles. The molecule has 2 aromatic carbocycles. The molecule has 1 amide bonds. The Labute approximate surface area is 168 Å². The van der Waals surface area contributed by atoms with E-state index in [1.807, 2.05) is 30.0 Å². The Morgan fingerprint density at radius 1 is 1.21 bits per heavy atom. The van der Waals surface area contributed by atoms with Crippen molar-refractivity contribution in [3.05, 3.63) is 64.8 Å². The fourth-order valence-corrected chi connectivity index (χ4v) is 3.13. The van der Waals surface area contributed by atoms with E-state index in [1.54, 1.807) is 24.3 Å². The number of carbonyl (C=O) groups excluding carboxylic acids is 1. The van der Waals surface area contributed by atoms with Crippen LogP contribution in [0.15, 0.2) is 48.7 Å². The molecule has 0 bridgehead atoms. The van der Waals surface area contributed by atoms with E-state index in [4.69, 9.17) is 11.6 Å². The molecule has 0 aliphatic heterocycles. The molecule has 1 aromatic heterocycles. The third-order valence-electron chi connectivity index (χ3n) is 4.55. The fourth-order valence-electron chi connectivity index (χ4n) is 3.00. The summed E-state index contributed by atoms with van der Waals surface area (Å²) in [4.78, 5) is 18.8. The van der Waals surface area contributed by atoms with Crippen molar-refractivity contribution in [1.29, 1.82) is 0 Å². The number of halogens is 1. The number of carbonyl (C=O) groups is 1. The number of hydrogen-bond donors (Lipinski definition) is 3. The van der Waals surface area contributed by atoms with Gasteiger partial charge in [0.15, 0.2) is 0 Å². The molecular formula is C21H22ClN3O3. The zero-order chi connectivity index (χ0) is 20.1. The molecule has 0 fully saturated rings. The number of rotatable bonds is 7. The molecular weight excluding hydrogens is 378 g/mol. The lowest BCUT2D eigenvalue weighted by Gasteiger charge is -2.22. The minimum absolute atomic E-state index is 0.0310. The number of nitrogens with one attached hydrogen (secondary N) is 1. The van der Waals surface area contributed by atoms with E-state index in [9.17, 15) is 15.0 Å². The third kappa shape index (κ3) is 4.35. The Balaban J connectivity index is 1.85. The number of fused-ring (bicyclic) bond motifs is 1. The SMILES string of the molecule is CCN(CCO)c1ccc2ncc(C(=O)NCc3ccc(Cl)cc3)c(O)c2c1. The number of amides is 1. The van der Waals surface area contributed by atoms with Crippen molar-refractivity contribution in [3.63, 3.8) is 0 Å². The summed E-state index contributed by atoms with van der Waals surface area (Å²) < 4.78 is 0. The van der Waals surface area contributed by atoms with Crippen molar-refractivity contribution in [2.45, 2.75) is 13.5 Å². The van der Waals surface area contributed by atoms with Crippen LogP contribution in [0.25, 0.3) is 10.9 Å². The molecule has 3 aromatic rings. The summed E-state index contributed by atoms with van der Waals surface area (Å²) in [6.07, 6.45) is 1.37. The number of likely N-dealkylation sites (N-methyl/N-ethyl adjacent to an activating group) is 1. The van der Waals surface area contributed by atoms with Gasteiger partial charge in [-0.1, -0.05) is 23.7 Å². The summed E-state index contributed by atoms with van der Waals surface area (Å²) >= 11 is 5.87. The maximum absolute atomic E-state index is 12.5. The molecule has 7 heteroatoms. The smallest absolute Gasteiger partial charge is 0.256 e. The summed E-state index contributed by atoms with van der Waals surface area (Å²) in [6.45, 7) is 3.52. The van der Waals surface area contributed by atoms with Crippen molar-refractivity contribution >= 4 is 34.1 Å². The summed E-state index contributed by atoms with van der Waals surface area (Å²) in [5, 5.41) is 23.8. The van der Waals surface area contributed by atoms with E-state index >= 15 is 0 Å². The molecule has 3 rings (SSSR count). The Morgan fingerprint density at radius 3 is 2.64 bits per heavy atom. The Bertz CT molecular complexity index is 977. The second-order valence-corrected chi connectivity index (χ2v) is 6.77. The average Bonchev–Trinajstić information content (AvgIpc) is 2.71. The van der Waals surface area contributed by atoms with Gasteiger partial charge in [-0.3, -0.25) is 9.78 Å². The molecule has 0 saturated carbocycles. The number of nitrogens with zero attached hydrogens (tertiary/aromatic N) is 2. The van der Waals surface area contributed by atoms with Gasteiger partial charge < -0.3 is 20.4 Å². The van der Waals surface area contributed by atoms with Gasteiger partial charge in [-0.2, -0.15) is 0 Å². The van der Waals surface area contributed by atoms with Crippen LogP contribution in [0.5, 0.6) is 5.75 Å². The van der Waals surface area contributed by atoms with Crippen molar-refractivity contribution in [2.75, 3.05) is 24.6 Å². The summed E-state index contributed by atoms with van der Waals surface area (Å²) in [5.41, 5.74) is 2.45. The molecule has 0 spiro atoms. The molecule has 0 radical (unpaired) electrons. The molecule has 1 heterocycles. The van der Waals surface area contributed by atoms with Crippen molar-refractivity contribution in [3.8, 4) is 5.75 Å². The first-order chi connectivity index (χ1) is 13.5. The second kappa shape index (κ2) is 8.91.